The van der Waals surface area contributed by atoms with E-state index in [9.17, 15) is 13.2 Å². The summed E-state index contributed by atoms with van der Waals surface area (Å²) in [4.78, 5) is 22.7. The maximum Gasteiger partial charge on any atom is 0.257 e. The molecule has 1 aromatic heterocycles. The maximum absolute atomic E-state index is 13.1. The van der Waals surface area contributed by atoms with E-state index in [0.717, 1.165) is 16.3 Å². The first-order valence-corrected chi connectivity index (χ1v) is 11.8. The Balaban J connectivity index is 1.81. The third kappa shape index (κ3) is 4.64. The molecule has 0 spiro atoms. The zero-order valence-electron chi connectivity index (χ0n) is 16.5. The van der Waals surface area contributed by atoms with Gasteiger partial charge in [0.1, 0.15) is 5.75 Å². The first kappa shape index (κ1) is 20.6. The van der Waals surface area contributed by atoms with Crippen molar-refractivity contribution in [2.24, 2.45) is 0 Å². The predicted octanol–water partition coefficient (Wildman–Crippen LogP) is 2.60. The van der Waals surface area contributed by atoms with Crippen molar-refractivity contribution in [2.45, 2.75) is 31.8 Å². The molecule has 0 radical (unpaired) electrons. The van der Waals surface area contributed by atoms with Gasteiger partial charge in [0.2, 0.25) is 0 Å². The van der Waals surface area contributed by atoms with Crippen LogP contribution in [0.15, 0.2) is 29.3 Å². The summed E-state index contributed by atoms with van der Waals surface area (Å²) < 4.78 is 29.6. The number of carbonyl (C=O) groups excluding carboxylic acids is 1. The minimum atomic E-state index is -3.42. The number of sulfone groups is 1. The van der Waals surface area contributed by atoms with Crippen LogP contribution in [0, 0.1) is 6.92 Å². The van der Waals surface area contributed by atoms with Crippen molar-refractivity contribution in [3.63, 3.8) is 0 Å². The highest BCUT2D eigenvalue weighted by atomic mass is 32.2. The summed E-state index contributed by atoms with van der Waals surface area (Å²) in [5, 5.41) is 0.965. The van der Waals surface area contributed by atoms with E-state index in [2.05, 4.69) is 9.88 Å². The van der Waals surface area contributed by atoms with Gasteiger partial charge in [-0.25, -0.2) is 13.4 Å². The van der Waals surface area contributed by atoms with E-state index in [1.807, 2.05) is 27.0 Å². The van der Waals surface area contributed by atoms with Gasteiger partial charge in [-0.3, -0.25) is 4.79 Å². The van der Waals surface area contributed by atoms with Crippen LogP contribution >= 0.6 is 11.3 Å². The largest absolute Gasteiger partial charge is 0.490 e. The molecule has 0 bridgehead atoms. The van der Waals surface area contributed by atoms with Crippen LogP contribution < -0.4 is 9.64 Å². The third-order valence-electron chi connectivity index (χ3n) is 4.42. The van der Waals surface area contributed by atoms with E-state index in [1.54, 1.807) is 22.3 Å². The topological polar surface area (TPSA) is 79.8 Å². The molecule has 1 saturated heterocycles. The molecular formula is C19H25N3O4S2. The molecule has 2 aromatic rings. The van der Waals surface area contributed by atoms with Gasteiger partial charge in [-0.15, -0.1) is 11.3 Å². The number of piperazine rings is 1. The second-order valence-electron chi connectivity index (χ2n) is 7.13. The molecule has 3 rings (SSSR count). The second-order valence-corrected chi connectivity index (χ2v) is 10.4. The van der Waals surface area contributed by atoms with E-state index >= 15 is 0 Å². The molecule has 0 unspecified atom stereocenters. The van der Waals surface area contributed by atoms with Crippen LogP contribution in [0.3, 0.4) is 0 Å². The normalized spacial score (nSPS) is 15.2. The number of nitrogens with zero attached hydrogens (tertiary/aromatic N) is 3. The molecule has 2 heterocycles. The quantitative estimate of drug-likeness (QED) is 0.735. The first-order chi connectivity index (χ1) is 13.1. The molecular weight excluding hydrogens is 398 g/mol. The Labute approximate surface area is 169 Å². The van der Waals surface area contributed by atoms with E-state index < -0.39 is 9.84 Å². The minimum Gasteiger partial charge on any atom is -0.490 e. The lowest BCUT2D eigenvalue weighted by Gasteiger charge is -2.35. The van der Waals surface area contributed by atoms with Crippen LogP contribution in [0.1, 0.15) is 29.1 Å². The third-order valence-corrected chi connectivity index (χ3v) is 6.50. The zero-order chi connectivity index (χ0) is 20.5. The molecule has 1 aromatic carbocycles. The Bertz CT molecular complexity index is 961. The number of aryl methyl sites for hydroxylation is 1. The number of rotatable bonds is 5. The van der Waals surface area contributed by atoms with Crippen LogP contribution in [-0.4, -0.2) is 62.7 Å². The SMILES string of the molecule is Cc1cnc(N2CCN(C(=O)c3cc(S(C)(=O)=O)ccc3OC(C)C)CC2)s1. The lowest BCUT2D eigenvalue weighted by atomic mass is 10.1. The van der Waals surface area contributed by atoms with E-state index in [4.69, 9.17) is 4.74 Å². The molecule has 1 aliphatic rings. The highest BCUT2D eigenvalue weighted by Gasteiger charge is 2.27. The van der Waals surface area contributed by atoms with Gasteiger partial charge >= 0.3 is 0 Å². The van der Waals surface area contributed by atoms with Crippen molar-refractivity contribution in [1.29, 1.82) is 0 Å². The fourth-order valence-electron chi connectivity index (χ4n) is 3.02. The summed E-state index contributed by atoms with van der Waals surface area (Å²) in [6.45, 7) is 8.21. The number of thiazole rings is 1. The summed E-state index contributed by atoms with van der Waals surface area (Å²) in [5.74, 6) is 0.196. The fourth-order valence-corrected chi connectivity index (χ4v) is 4.48. The van der Waals surface area contributed by atoms with Crippen molar-refractivity contribution < 1.29 is 17.9 Å². The molecule has 28 heavy (non-hydrogen) atoms. The molecule has 1 amide bonds. The lowest BCUT2D eigenvalue weighted by molar-refractivity contribution is 0.0740. The molecule has 7 nitrogen and oxygen atoms in total. The Hall–Kier alpha value is -2.13. The molecule has 1 fully saturated rings. The average Bonchev–Trinajstić information content (AvgIpc) is 3.06. The number of hydrogen-bond donors (Lipinski definition) is 0. The van der Waals surface area contributed by atoms with Crippen LogP contribution in [0.2, 0.25) is 0 Å². The smallest absolute Gasteiger partial charge is 0.257 e. The van der Waals surface area contributed by atoms with Crippen LogP contribution in [0.4, 0.5) is 5.13 Å². The number of amides is 1. The van der Waals surface area contributed by atoms with Crippen LogP contribution in [0.5, 0.6) is 5.75 Å². The van der Waals surface area contributed by atoms with Crippen molar-refractivity contribution in [1.82, 2.24) is 9.88 Å². The summed E-state index contributed by atoms with van der Waals surface area (Å²) in [5.41, 5.74) is 0.287. The number of benzene rings is 1. The first-order valence-electron chi connectivity index (χ1n) is 9.12. The number of carbonyl (C=O) groups is 1. The Kier molecular flexibility index (Phi) is 5.95. The van der Waals surface area contributed by atoms with Crippen molar-refractivity contribution in [3.8, 4) is 5.75 Å². The van der Waals surface area contributed by atoms with Gasteiger partial charge in [0.15, 0.2) is 15.0 Å². The van der Waals surface area contributed by atoms with Gasteiger partial charge in [0.05, 0.1) is 16.6 Å². The summed E-state index contributed by atoms with van der Waals surface area (Å²) in [6.07, 6.45) is 2.86. The average molecular weight is 424 g/mol. The highest BCUT2D eigenvalue weighted by molar-refractivity contribution is 7.90. The fraction of sp³-hybridized carbons (Fsp3) is 0.474. The standard InChI is InChI=1S/C19H25N3O4S2/c1-13(2)26-17-6-5-15(28(4,24)25)11-16(17)18(23)21-7-9-22(10-8-21)19-20-12-14(3)27-19/h5-6,11-13H,7-10H2,1-4H3. The van der Waals surface area contributed by atoms with Gasteiger partial charge in [-0.2, -0.15) is 0 Å². The maximum atomic E-state index is 13.1. The molecule has 0 aliphatic carbocycles. The molecule has 9 heteroatoms. The van der Waals surface area contributed by atoms with Crippen LogP contribution in [-0.2, 0) is 9.84 Å². The Morgan fingerprint density at radius 2 is 1.89 bits per heavy atom. The number of aromatic nitrogens is 1. The predicted molar refractivity (Wildman–Crippen MR) is 110 cm³/mol. The van der Waals surface area contributed by atoms with Gasteiger partial charge in [0, 0.05) is 43.5 Å². The Morgan fingerprint density at radius 1 is 1.21 bits per heavy atom. The monoisotopic (exact) mass is 423 g/mol. The molecule has 0 N–H and O–H groups in total. The molecule has 0 atom stereocenters. The summed E-state index contributed by atoms with van der Waals surface area (Å²) in [7, 11) is -3.42. The summed E-state index contributed by atoms with van der Waals surface area (Å²) >= 11 is 1.64. The lowest BCUT2D eigenvalue weighted by Crippen LogP contribution is -2.48. The van der Waals surface area contributed by atoms with E-state index in [0.29, 0.717) is 31.9 Å². The highest BCUT2D eigenvalue weighted by Crippen LogP contribution is 2.27. The molecule has 152 valence electrons. The van der Waals surface area contributed by atoms with Crippen LogP contribution in [0.25, 0.3) is 0 Å². The van der Waals surface area contributed by atoms with Gasteiger partial charge in [-0.05, 0) is 39.0 Å². The van der Waals surface area contributed by atoms with Crippen molar-refractivity contribution >= 4 is 32.2 Å². The Morgan fingerprint density at radius 3 is 2.43 bits per heavy atom. The van der Waals surface area contributed by atoms with Gasteiger partial charge in [-0.1, -0.05) is 0 Å². The molecule has 1 aliphatic heterocycles. The van der Waals surface area contributed by atoms with Crippen molar-refractivity contribution in [2.75, 3.05) is 37.3 Å². The summed E-state index contributed by atoms with van der Waals surface area (Å²) in [6, 6.07) is 4.47. The van der Waals surface area contributed by atoms with Gasteiger partial charge < -0.3 is 14.5 Å². The van der Waals surface area contributed by atoms with Crippen molar-refractivity contribution in [3.05, 3.63) is 34.8 Å². The number of hydrogen-bond acceptors (Lipinski definition) is 7. The van der Waals surface area contributed by atoms with E-state index in [-0.39, 0.29) is 22.5 Å². The molecule has 0 saturated carbocycles. The minimum absolute atomic E-state index is 0.115. The number of anilines is 1. The second kappa shape index (κ2) is 8.08. The van der Waals surface area contributed by atoms with Gasteiger partial charge in [0.25, 0.3) is 5.91 Å². The van der Waals surface area contributed by atoms with E-state index in [1.165, 1.54) is 12.1 Å². The number of ether oxygens (including phenoxy) is 1. The zero-order valence-corrected chi connectivity index (χ0v) is 18.1.